The highest BCUT2D eigenvalue weighted by Crippen LogP contribution is 2.25. The number of carbonyl (C=O) groups excluding carboxylic acids is 3. The minimum Gasteiger partial charge on any atom is -0.334 e. The van der Waals surface area contributed by atoms with Crippen molar-refractivity contribution in [2.45, 2.75) is 31.3 Å². The topological polar surface area (TPSA) is 105 Å². The van der Waals surface area contributed by atoms with E-state index in [0.29, 0.717) is 17.7 Å². The van der Waals surface area contributed by atoms with Gasteiger partial charge in [0.15, 0.2) is 0 Å². The molecule has 0 bridgehead atoms. The van der Waals surface area contributed by atoms with Crippen LogP contribution < -0.4 is 16.4 Å². The summed E-state index contributed by atoms with van der Waals surface area (Å²) < 4.78 is 0. The summed E-state index contributed by atoms with van der Waals surface area (Å²) in [7, 11) is 0. The van der Waals surface area contributed by atoms with Gasteiger partial charge in [0, 0.05) is 24.7 Å². The van der Waals surface area contributed by atoms with Gasteiger partial charge >= 0.3 is 6.03 Å². The minimum atomic E-state index is -1.11. The molecule has 2 heterocycles. The first kappa shape index (κ1) is 18.2. The third-order valence-corrected chi connectivity index (χ3v) is 4.66. The Morgan fingerprint density at radius 2 is 2.00 bits per heavy atom. The molecule has 7 nitrogen and oxygen atoms in total. The van der Waals surface area contributed by atoms with Crippen molar-refractivity contribution in [2.75, 3.05) is 13.1 Å². The molecule has 0 saturated carbocycles. The Morgan fingerprint density at radius 1 is 1.33 bits per heavy atom. The van der Waals surface area contributed by atoms with E-state index in [1.807, 2.05) is 0 Å². The zero-order valence-electron chi connectivity index (χ0n) is 13.4. The number of imide groups is 1. The molecular weight excluding hydrogens is 332 g/mol. The van der Waals surface area contributed by atoms with Crippen LogP contribution in [0.25, 0.3) is 0 Å². The van der Waals surface area contributed by atoms with Crippen molar-refractivity contribution in [3.05, 3.63) is 35.4 Å². The lowest BCUT2D eigenvalue weighted by Crippen LogP contribution is -2.41. The molecule has 1 aromatic rings. The number of nitrogens with two attached hydrogens (primary N) is 1. The van der Waals surface area contributed by atoms with E-state index in [1.165, 1.54) is 0 Å². The summed E-state index contributed by atoms with van der Waals surface area (Å²) in [6.45, 7) is 2.82. The Labute approximate surface area is 146 Å². The van der Waals surface area contributed by atoms with E-state index in [2.05, 4.69) is 10.6 Å². The van der Waals surface area contributed by atoms with Crippen LogP contribution in [-0.2, 0) is 10.3 Å². The first-order valence-electron chi connectivity index (χ1n) is 7.71. The van der Waals surface area contributed by atoms with Crippen LogP contribution in [0.3, 0.4) is 0 Å². The summed E-state index contributed by atoms with van der Waals surface area (Å²) in [6, 6.07) is 6.36. The normalized spacial score (nSPS) is 25.9. The standard InChI is InChI=1S/C16H20N4O3.ClH/c1-16(14(22)18-15(23)19-16)11-6-4-10(5-7-11)13(21)20-8-2-3-12(20)9-17;/h4-7,12H,2-3,8-9,17H2,1H3,(H2,18,19,22,23);1H. The molecule has 130 valence electrons. The van der Waals surface area contributed by atoms with E-state index in [9.17, 15) is 14.4 Å². The monoisotopic (exact) mass is 352 g/mol. The quantitative estimate of drug-likeness (QED) is 0.697. The summed E-state index contributed by atoms with van der Waals surface area (Å²) in [6.07, 6.45) is 1.90. The number of nitrogens with one attached hydrogen (secondary N) is 2. The summed E-state index contributed by atoms with van der Waals surface area (Å²) in [4.78, 5) is 37.7. The van der Waals surface area contributed by atoms with Gasteiger partial charge in [-0.15, -0.1) is 12.4 Å². The number of carbonyl (C=O) groups is 3. The molecule has 2 saturated heterocycles. The molecule has 1 aromatic carbocycles. The molecule has 4 amide bonds. The van der Waals surface area contributed by atoms with E-state index in [-0.39, 0.29) is 24.4 Å². The number of amides is 4. The first-order valence-corrected chi connectivity index (χ1v) is 7.71. The number of hydrogen-bond donors (Lipinski definition) is 3. The number of urea groups is 1. The van der Waals surface area contributed by atoms with Crippen molar-refractivity contribution in [1.82, 2.24) is 15.5 Å². The van der Waals surface area contributed by atoms with Crippen LogP contribution in [0.15, 0.2) is 24.3 Å². The van der Waals surface area contributed by atoms with E-state index in [4.69, 9.17) is 5.73 Å². The van der Waals surface area contributed by atoms with Crippen LogP contribution in [0.1, 0.15) is 35.7 Å². The van der Waals surface area contributed by atoms with Crippen molar-refractivity contribution in [3.8, 4) is 0 Å². The number of rotatable bonds is 3. The Hall–Kier alpha value is -2.12. The van der Waals surface area contributed by atoms with Gasteiger partial charge in [-0.2, -0.15) is 0 Å². The Bertz CT molecular complexity index is 664. The molecule has 2 aliphatic rings. The second-order valence-electron chi connectivity index (χ2n) is 6.14. The SMILES string of the molecule is CC1(c2ccc(C(=O)N3CCCC3CN)cc2)NC(=O)NC1=O.Cl. The number of benzene rings is 1. The summed E-state index contributed by atoms with van der Waals surface area (Å²) in [5, 5.41) is 4.83. The second kappa shape index (κ2) is 6.78. The fraction of sp³-hybridized carbons (Fsp3) is 0.438. The Kier molecular flexibility index (Phi) is 5.15. The predicted molar refractivity (Wildman–Crippen MR) is 90.8 cm³/mol. The Balaban J connectivity index is 0.00000208. The predicted octanol–water partition coefficient (Wildman–Crippen LogP) is 0.726. The minimum absolute atomic E-state index is 0. The molecular formula is C16H21ClN4O3. The number of likely N-dealkylation sites (tertiary alicyclic amines) is 1. The van der Waals surface area contributed by atoms with Crippen molar-refractivity contribution < 1.29 is 14.4 Å². The molecule has 2 fully saturated rings. The maximum atomic E-state index is 12.6. The van der Waals surface area contributed by atoms with Crippen LogP contribution in [0.4, 0.5) is 4.79 Å². The number of hydrogen-bond acceptors (Lipinski definition) is 4. The maximum Gasteiger partial charge on any atom is 0.322 e. The molecule has 2 atom stereocenters. The van der Waals surface area contributed by atoms with Crippen LogP contribution in [-0.4, -0.2) is 41.9 Å². The van der Waals surface area contributed by atoms with Gasteiger partial charge in [0.1, 0.15) is 5.54 Å². The third-order valence-electron chi connectivity index (χ3n) is 4.66. The van der Waals surface area contributed by atoms with Gasteiger partial charge in [-0.25, -0.2) is 4.79 Å². The summed E-state index contributed by atoms with van der Waals surface area (Å²) in [5.41, 5.74) is 5.80. The smallest absolute Gasteiger partial charge is 0.322 e. The van der Waals surface area contributed by atoms with Crippen molar-refractivity contribution >= 4 is 30.3 Å². The average Bonchev–Trinajstić information content (AvgIpc) is 3.11. The van der Waals surface area contributed by atoms with Crippen LogP contribution >= 0.6 is 12.4 Å². The molecule has 4 N–H and O–H groups in total. The highest BCUT2D eigenvalue weighted by atomic mass is 35.5. The Morgan fingerprint density at radius 3 is 2.54 bits per heavy atom. The molecule has 2 unspecified atom stereocenters. The molecule has 3 rings (SSSR count). The van der Waals surface area contributed by atoms with Gasteiger partial charge in [0.25, 0.3) is 11.8 Å². The molecule has 0 spiro atoms. The lowest BCUT2D eigenvalue weighted by Gasteiger charge is -2.24. The fourth-order valence-electron chi connectivity index (χ4n) is 3.21. The first-order chi connectivity index (χ1) is 11.0. The lowest BCUT2D eigenvalue weighted by atomic mass is 9.91. The van der Waals surface area contributed by atoms with E-state index >= 15 is 0 Å². The second-order valence-corrected chi connectivity index (χ2v) is 6.14. The number of nitrogens with zero attached hydrogens (tertiary/aromatic N) is 1. The van der Waals surface area contributed by atoms with E-state index < -0.39 is 17.5 Å². The van der Waals surface area contributed by atoms with Gasteiger partial charge < -0.3 is 16.0 Å². The van der Waals surface area contributed by atoms with Crippen LogP contribution in [0, 0.1) is 0 Å². The van der Waals surface area contributed by atoms with Gasteiger partial charge in [0.05, 0.1) is 0 Å². The number of halogens is 1. The molecule has 0 radical (unpaired) electrons. The van der Waals surface area contributed by atoms with Gasteiger partial charge in [-0.05, 0) is 37.5 Å². The van der Waals surface area contributed by atoms with Crippen LogP contribution in [0.5, 0.6) is 0 Å². The molecule has 0 aliphatic carbocycles. The van der Waals surface area contributed by atoms with Crippen molar-refractivity contribution in [3.63, 3.8) is 0 Å². The largest absolute Gasteiger partial charge is 0.334 e. The zero-order chi connectivity index (χ0) is 16.6. The van der Waals surface area contributed by atoms with Gasteiger partial charge in [-0.1, -0.05) is 12.1 Å². The van der Waals surface area contributed by atoms with Gasteiger partial charge in [-0.3, -0.25) is 14.9 Å². The maximum absolute atomic E-state index is 12.6. The highest BCUT2D eigenvalue weighted by Gasteiger charge is 2.43. The zero-order valence-corrected chi connectivity index (χ0v) is 14.2. The molecule has 0 aromatic heterocycles. The van der Waals surface area contributed by atoms with Gasteiger partial charge in [0.2, 0.25) is 0 Å². The highest BCUT2D eigenvalue weighted by molar-refractivity contribution is 6.07. The van der Waals surface area contributed by atoms with Crippen LogP contribution in [0.2, 0.25) is 0 Å². The molecule has 24 heavy (non-hydrogen) atoms. The fourth-order valence-corrected chi connectivity index (χ4v) is 3.21. The van der Waals surface area contributed by atoms with E-state index in [1.54, 1.807) is 36.1 Å². The van der Waals surface area contributed by atoms with Crippen molar-refractivity contribution in [2.24, 2.45) is 5.73 Å². The summed E-state index contributed by atoms with van der Waals surface area (Å²) in [5.74, 6) is -0.445. The van der Waals surface area contributed by atoms with Crippen molar-refractivity contribution in [1.29, 1.82) is 0 Å². The molecule has 8 heteroatoms. The molecule has 2 aliphatic heterocycles. The lowest BCUT2D eigenvalue weighted by molar-refractivity contribution is -0.123. The third kappa shape index (κ3) is 2.97. The average molecular weight is 353 g/mol. The van der Waals surface area contributed by atoms with E-state index in [0.717, 1.165) is 19.4 Å². The summed E-state index contributed by atoms with van der Waals surface area (Å²) >= 11 is 0.